The van der Waals surface area contributed by atoms with Gasteiger partial charge in [0, 0.05) is 10.4 Å². The fraction of sp³-hybridized carbons (Fsp3) is 0.111. The average molecular weight is 411 g/mol. The van der Waals surface area contributed by atoms with E-state index in [0.717, 1.165) is 17.0 Å². The van der Waals surface area contributed by atoms with Crippen LogP contribution in [0.3, 0.4) is 0 Å². The van der Waals surface area contributed by atoms with Gasteiger partial charge in [-0.2, -0.15) is 0 Å². The first-order valence-electron chi connectivity index (χ1n) is 7.63. The monoisotopic (exact) mass is 411 g/mol. The lowest BCUT2D eigenvalue weighted by Gasteiger charge is -2.09. The highest BCUT2D eigenvalue weighted by Crippen LogP contribution is 2.24. The van der Waals surface area contributed by atoms with Crippen molar-refractivity contribution in [2.45, 2.75) is 12.9 Å². The lowest BCUT2D eigenvalue weighted by molar-refractivity contribution is -0.274. The summed E-state index contributed by atoms with van der Waals surface area (Å²) in [4.78, 5) is 26.4. The van der Waals surface area contributed by atoms with Crippen molar-refractivity contribution < 1.29 is 27.5 Å². The number of rotatable bonds is 6. The molecule has 0 saturated carbocycles. The minimum Gasteiger partial charge on any atom is -0.406 e. The summed E-state index contributed by atoms with van der Waals surface area (Å²) >= 11 is 2.64. The Morgan fingerprint density at radius 2 is 1.74 bits per heavy atom. The maximum Gasteiger partial charge on any atom is 0.573 e. The zero-order valence-electron chi connectivity index (χ0n) is 13.6. The molecule has 0 atom stereocenters. The van der Waals surface area contributed by atoms with E-state index in [1.165, 1.54) is 34.8 Å². The first-order chi connectivity index (χ1) is 12.8. The van der Waals surface area contributed by atoms with E-state index >= 15 is 0 Å². The van der Waals surface area contributed by atoms with Gasteiger partial charge < -0.3 is 10.1 Å². The Balaban J connectivity index is 1.57. The van der Waals surface area contributed by atoms with E-state index in [-0.39, 0.29) is 17.9 Å². The summed E-state index contributed by atoms with van der Waals surface area (Å²) in [6, 6.07) is 11.7. The van der Waals surface area contributed by atoms with Crippen LogP contribution in [-0.4, -0.2) is 18.1 Å². The number of nitrogens with one attached hydrogen (secondary N) is 1. The molecule has 0 radical (unpaired) electrons. The van der Waals surface area contributed by atoms with Crippen molar-refractivity contribution in [2.24, 2.45) is 0 Å². The molecule has 0 saturated heterocycles. The summed E-state index contributed by atoms with van der Waals surface area (Å²) in [5.74, 6) is -0.894. The summed E-state index contributed by atoms with van der Waals surface area (Å²) in [6.45, 7) is 0.210. The molecule has 0 unspecified atom stereocenters. The fourth-order valence-corrected chi connectivity index (χ4v) is 3.85. The van der Waals surface area contributed by atoms with Gasteiger partial charge in [0.1, 0.15) is 5.75 Å². The van der Waals surface area contributed by atoms with Gasteiger partial charge in [-0.25, -0.2) is 0 Å². The molecule has 0 aliphatic rings. The number of ketones is 1. The van der Waals surface area contributed by atoms with Crippen LogP contribution in [0, 0.1) is 0 Å². The number of carbonyl (C=O) groups is 2. The van der Waals surface area contributed by atoms with Crippen LogP contribution in [0.25, 0.3) is 0 Å². The molecule has 0 fully saturated rings. The smallest absolute Gasteiger partial charge is 0.406 e. The van der Waals surface area contributed by atoms with Gasteiger partial charge >= 0.3 is 6.36 Å². The minimum absolute atomic E-state index is 0.0622. The highest BCUT2D eigenvalue weighted by Gasteiger charge is 2.31. The molecule has 1 N–H and O–H groups in total. The van der Waals surface area contributed by atoms with E-state index in [0.29, 0.717) is 9.75 Å². The lowest BCUT2D eigenvalue weighted by atomic mass is 10.2. The standard InChI is InChI=1S/C18H12F3NO3S2/c19-18(20,21)25-12-5-3-11(4-6-12)17(24)22-10-13-7-8-15(27-13)16(23)14-2-1-9-26-14/h1-9H,10H2,(H,22,24). The lowest BCUT2D eigenvalue weighted by Crippen LogP contribution is -2.22. The second-order valence-corrected chi connectivity index (χ2v) is 7.44. The van der Waals surface area contributed by atoms with E-state index in [2.05, 4.69) is 10.1 Å². The summed E-state index contributed by atoms with van der Waals surface area (Å²) in [5.41, 5.74) is 0.205. The van der Waals surface area contributed by atoms with Crippen LogP contribution in [0.2, 0.25) is 0 Å². The van der Waals surface area contributed by atoms with Crippen LogP contribution in [0.15, 0.2) is 53.9 Å². The Morgan fingerprint density at radius 1 is 1.00 bits per heavy atom. The highest BCUT2D eigenvalue weighted by atomic mass is 32.1. The number of carbonyl (C=O) groups excluding carboxylic acids is 2. The number of benzene rings is 1. The number of hydrogen-bond acceptors (Lipinski definition) is 5. The third-order valence-electron chi connectivity index (χ3n) is 3.40. The van der Waals surface area contributed by atoms with Crippen molar-refractivity contribution in [3.8, 4) is 5.75 Å². The van der Waals surface area contributed by atoms with Crippen LogP contribution >= 0.6 is 22.7 Å². The van der Waals surface area contributed by atoms with Gasteiger partial charge in [0.15, 0.2) is 0 Å². The molecule has 0 aliphatic heterocycles. The molecule has 3 rings (SSSR count). The molecule has 4 nitrogen and oxygen atoms in total. The third kappa shape index (κ3) is 5.18. The van der Waals surface area contributed by atoms with E-state index in [9.17, 15) is 22.8 Å². The molecule has 0 aliphatic carbocycles. The van der Waals surface area contributed by atoms with E-state index in [1.807, 2.05) is 5.38 Å². The Hall–Kier alpha value is -2.65. The molecule has 27 heavy (non-hydrogen) atoms. The first kappa shape index (κ1) is 19.1. The largest absolute Gasteiger partial charge is 0.573 e. The summed E-state index contributed by atoms with van der Waals surface area (Å²) < 4.78 is 40.2. The summed E-state index contributed by atoms with van der Waals surface area (Å²) in [5, 5.41) is 4.50. The Morgan fingerprint density at radius 3 is 2.37 bits per heavy atom. The maximum atomic E-state index is 12.3. The fourth-order valence-electron chi connectivity index (χ4n) is 2.20. The summed E-state index contributed by atoms with van der Waals surface area (Å²) in [7, 11) is 0. The second-order valence-electron chi connectivity index (χ2n) is 5.33. The van der Waals surface area contributed by atoms with Crippen LogP contribution < -0.4 is 10.1 Å². The Bertz CT molecular complexity index is 932. The summed E-state index contributed by atoms with van der Waals surface area (Å²) in [6.07, 6.45) is -4.78. The van der Waals surface area contributed by atoms with Gasteiger partial charge in [0.25, 0.3) is 5.91 Å². The number of alkyl halides is 3. The molecule has 2 heterocycles. The predicted octanol–water partition coefficient (Wildman–Crippen LogP) is 4.87. The molecular weight excluding hydrogens is 399 g/mol. The van der Waals surface area contributed by atoms with Gasteiger partial charge in [-0.1, -0.05) is 6.07 Å². The predicted molar refractivity (Wildman–Crippen MR) is 96.4 cm³/mol. The number of hydrogen-bond donors (Lipinski definition) is 1. The van der Waals surface area contributed by atoms with Gasteiger partial charge in [-0.05, 0) is 47.8 Å². The van der Waals surface area contributed by atoms with E-state index < -0.39 is 18.0 Å². The van der Waals surface area contributed by atoms with Crippen LogP contribution in [-0.2, 0) is 6.54 Å². The van der Waals surface area contributed by atoms with Gasteiger partial charge in [-0.15, -0.1) is 35.8 Å². The molecule has 2 aromatic heterocycles. The van der Waals surface area contributed by atoms with Crippen LogP contribution in [0.5, 0.6) is 5.75 Å². The molecule has 3 aromatic rings. The normalized spacial score (nSPS) is 11.2. The quantitative estimate of drug-likeness (QED) is 0.589. The van der Waals surface area contributed by atoms with Crippen molar-refractivity contribution >= 4 is 34.4 Å². The highest BCUT2D eigenvalue weighted by molar-refractivity contribution is 7.16. The van der Waals surface area contributed by atoms with Gasteiger partial charge in [0.2, 0.25) is 5.78 Å². The molecule has 1 amide bonds. The maximum absolute atomic E-state index is 12.3. The zero-order chi connectivity index (χ0) is 19.4. The van der Waals surface area contributed by atoms with Crippen molar-refractivity contribution in [2.75, 3.05) is 0 Å². The van der Waals surface area contributed by atoms with Crippen LogP contribution in [0.4, 0.5) is 13.2 Å². The van der Waals surface area contributed by atoms with Crippen molar-refractivity contribution in [1.82, 2.24) is 5.32 Å². The molecule has 0 spiro atoms. The number of halogens is 3. The van der Waals surface area contributed by atoms with Crippen LogP contribution in [0.1, 0.15) is 29.8 Å². The number of amides is 1. The van der Waals surface area contributed by atoms with Crippen molar-refractivity contribution in [3.63, 3.8) is 0 Å². The average Bonchev–Trinajstić information content (AvgIpc) is 3.30. The Labute approximate surface area is 160 Å². The number of ether oxygens (including phenoxy) is 1. The molecular formula is C18H12F3NO3S2. The SMILES string of the molecule is O=C(NCc1ccc(C(=O)c2cccs2)s1)c1ccc(OC(F)(F)F)cc1. The minimum atomic E-state index is -4.78. The molecule has 0 bridgehead atoms. The molecule has 140 valence electrons. The first-order valence-corrected chi connectivity index (χ1v) is 9.32. The van der Waals surface area contributed by atoms with Gasteiger partial charge in [-0.3, -0.25) is 9.59 Å². The van der Waals surface area contributed by atoms with Gasteiger partial charge in [0.05, 0.1) is 16.3 Å². The molecule has 1 aromatic carbocycles. The molecule has 9 heteroatoms. The van der Waals surface area contributed by atoms with Crippen molar-refractivity contribution in [1.29, 1.82) is 0 Å². The van der Waals surface area contributed by atoms with Crippen molar-refractivity contribution in [3.05, 3.63) is 74.1 Å². The number of thiophene rings is 2. The third-order valence-corrected chi connectivity index (χ3v) is 5.36. The van der Waals surface area contributed by atoms with E-state index in [1.54, 1.807) is 24.3 Å². The topological polar surface area (TPSA) is 55.4 Å². The Kier molecular flexibility index (Phi) is 5.62. The van der Waals surface area contributed by atoms with E-state index in [4.69, 9.17) is 0 Å². The second kappa shape index (κ2) is 7.93. The zero-order valence-corrected chi connectivity index (χ0v) is 15.2.